The molecule has 4 nitrogen and oxygen atoms in total. The van der Waals surface area contributed by atoms with Crippen molar-refractivity contribution < 1.29 is 4.79 Å². The Hall–Kier alpha value is -1.58. The van der Waals surface area contributed by atoms with E-state index in [-0.39, 0.29) is 18.0 Å². The molecule has 2 N–H and O–H groups in total. The SMILES string of the molecule is CC1CC(Nc2ccccn2)CC(=O)N1. The summed E-state index contributed by atoms with van der Waals surface area (Å²) in [5.41, 5.74) is 0. The molecule has 1 aromatic rings. The summed E-state index contributed by atoms with van der Waals surface area (Å²) in [6, 6.07) is 6.16. The first kappa shape index (κ1) is 9.96. The number of aromatic nitrogens is 1. The van der Waals surface area contributed by atoms with E-state index in [2.05, 4.69) is 15.6 Å². The average molecular weight is 205 g/mol. The molecule has 2 heterocycles. The Morgan fingerprint density at radius 2 is 2.40 bits per heavy atom. The number of hydrogen-bond acceptors (Lipinski definition) is 3. The molecule has 1 amide bonds. The van der Waals surface area contributed by atoms with E-state index < -0.39 is 0 Å². The lowest BCUT2D eigenvalue weighted by Crippen LogP contribution is -2.45. The van der Waals surface area contributed by atoms with Gasteiger partial charge in [-0.3, -0.25) is 4.79 Å². The fraction of sp³-hybridized carbons (Fsp3) is 0.455. The molecular weight excluding hydrogens is 190 g/mol. The van der Waals surface area contributed by atoms with E-state index in [1.54, 1.807) is 6.20 Å². The second-order valence-electron chi connectivity index (χ2n) is 3.96. The van der Waals surface area contributed by atoms with Gasteiger partial charge in [-0.25, -0.2) is 4.98 Å². The number of piperidine rings is 1. The van der Waals surface area contributed by atoms with Crippen LogP contribution in [0.4, 0.5) is 5.82 Å². The number of anilines is 1. The van der Waals surface area contributed by atoms with Crippen molar-refractivity contribution in [3.8, 4) is 0 Å². The lowest BCUT2D eigenvalue weighted by atomic mass is 10.00. The number of rotatable bonds is 2. The van der Waals surface area contributed by atoms with Gasteiger partial charge in [0.2, 0.25) is 5.91 Å². The van der Waals surface area contributed by atoms with Gasteiger partial charge in [0.15, 0.2) is 0 Å². The van der Waals surface area contributed by atoms with Crippen molar-refractivity contribution >= 4 is 11.7 Å². The van der Waals surface area contributed by atoms with Crippen molar-refractivity contribution in [2.24, 2.45) is 0 Å². The molecule has 0 bridgehead atoms. The van der Waals surface area contributed by atoms with E-state index in [0.717, 1.165) is 12.2 Å². The molecule has 0 aliphatic carbocycles. The smallest absolute Gasteiger partial charge is 0.222 e. The molecule has 80 valence electrons. The van der Waals surface area contributed by atoms with Crippen molar-refractivity contribution in [3.63, 3.8) is 0 Å². The van der Waals surface area contributed by atoms with Gasteiger partial charge in [-0.15, -0.1) is 0 Å². The van der Waals surface area contributed by atoms with Gasteiger partial charge in [-0.2, -0.15) is 0 Å². The van der Waals surface area contributed by atoms with Crippen LogP contribution < -0.4 is 10.6 Å². The highest BCUT2D eigenvalue weighted by atomic mass is 16.1. The summed E-state index contributed by atoms with van der Waals surface area (Å²) in [6.45, 7) is 2.02. The van der Waals surface area contributed by atoms with Gasteiger partial charge in [0.05, 0.1) is 0 Å². The Morgan fingerprint density at radius 3 is 3.07 bits per heavy atom. The zero-order chi connectivity index (χ0) is 10.7. The number of pyridine rings is 1. The molecule has 1 aromatic heterocycles. The van der Waals surface area contributed by atoms with Gasteiger partial charge in [-0.05, 0) is 25.5 Å². The summed E-state index contributed by atoms with van der Waals surface area (Å²) in [6.07, 6.45) is 3.22. The lowest BCUT2D eigenvalue weighted by molar-refractivity contribution is -0.123. The fourth-order valence-electron chi connectivity index (χ4n) is 1.89. The summed E-state index contributed by atoms with van der Waals surface area (Å²) < 4.78 is 0. The first-order valence-electron chi connectivity index (χ1n) is 5.21. The van der Waals surface area contributed by atoms with Crippen LogP contribution in [0, 0.1) is 0 Å². The maximum absolute atomic E-state index is 11.3. The molecule has 1 aliphatic rings. The van der Waals surface area contributed by atoms with Gasteiger partial charge >= 0.3 is 0 Å². The molecule has 0 radical (unpaired) electrons. The highest BCUT2D eigenvalue weighted by molar-refractivity contribution is 5.78. The molecule has 1 fully saturated rings. The number of carbonyl (C=O) groups is 1. The maximum atomic E-state index is 11.3. The molecule has 1 saturated heterocycles. The Labute approximate surface area is 89.1 Å². The minimum Gasteiger partial charge on any atom is -0.367 e. The Bertz CT molecular complexity index is 339. The minimum absolute atomic E-state index is 0.113. The molecule has 15 heavy (non-hydrogen) atoms. The molecule has 4 heteroatoms. The molecule has 0 spiro atoms. The van der Waals surface area contributed by atoms with Gasteiger partial charge in [-0.1, -0.05) is 6.07 Å². The highest BCUT2D eigenvalue weighted by Crippen LogP contribution is 2.14. The standard InChI is InChI=1S/C11H15N3O/c1-8-6-9(7-11(15)13-8)14-10-4-2-3-5-12-10/h2-5,8-9H,6-7H2,1H3,(H,12,14)(H,13,15). The first-order chi connectivity index (χ1) is 7.24. The van der Waals surface area contributed by atoms with Gasteiger partial charge in [0, 0.05) is 24.7 Å². The predicted octanol–water partition coefficient (Wildman–Crippen LogP) is 1.16. The third-order valence-corrected chi connectivity index (χ3v) is 2.49. The van der Waals surface area contributed by atoms with Crippen LogP contribution in [0.2, 0.25) is 0 Å². The fourth-order valence-corrected chi connectivity index (χ4v) is 1.89. The van der Waals surface area contributed by atoms with Gasteiger partial charge in [0.25, 0.3) is 0 Å². The largest absolute Gasteiger partial charge is 0.367 e. The van der Waals surface area contributed by atoms with Crippen molar-refractivity contribution in [1.82, 2.24) is 10.3 Å². The molecule has 2 atom stereocenters. The Kier molecular flexibility index (Phi) is 2.85. The number of hydrogen-bond donors (Lipinski definition) is 2. The van der Waals surface area contributed by atoms with Crippen LogP contribution in [0.15, 0.2) is 24.4 Å². The predicted molar refractivity (Wildman–Crippen MR) is 58.5 cm³/mol. The second kappa shape index (κ2) is 4.29. The first-order valence-corrected chi connectivity index (χ1v) is 5.21. The van der Waals surface area contributed by atoms with Crippen molar-refractivity contribution in [2.45, 2.75) is 31.8 Å². The number of nitrogens with one attached hydrogen (secondary N) is 2. The van der Waals surface area contributed by atoms with Gasteiger partial charge in [0.1, 0.15) is 5.82 Å². The third kappa shape index (κ3) is 2.68. The van der Waals surface area contributed by atoms with Crippen LogP contribution in [0.1, 0.15) is 19.8 Å². The van der Waals surface area contributed by atoms with Crippen LogP contribution in [0.3, 0.4) is 0 Å². The molecule has 2 unspecified atom stereocenters. The Balaban J connectivity index is 1.97. The summed E-state index contributed by atoms with van der Waals surface area (Å²) in [4.78, 5) is 15.5. The van der Waals surface area contributed by atoms with Crippen LogP contribution >= 0.6 is 0 Å². The highest BCUT2D eigenvalue weighted by Gasteiger charge is 2.23. The van der Waals surface area contributed by atoms with Crippen molar-refractivity contribution in [3.05, 3.63) is 24.4 Å². The minimum atomic E-state index is 0.113. The van der Waals surface area contributed by atoms with Crippen LogP contribution in [0.5, 0.6) is 0 Å². The van der Waals surface area contributed by atoms with Crippen molar-refractivity contribution in [1.29, 1.82) is 0 Å². The normalized spacial score (nSPS) is 25.8. The molecule has 1 aliphatic heterocycles. The summed E-state index contributed by atoms with van der Waals surface area (Å²) in [5, 5.41) is 6.17. The zero-order valence-electron chi connectivity index (χ0n) is 8.73. The van der Waals surface area contributed by atoms with E-state index in [0.29, 0.717) is 6.42 Å². The van der Waals surface area contributed by atoms with Crippen molar-refractivity contribution in [2.75, 3.05) is 5.32 Å². The topological polar surface area (TPSA) is 54.0 Å². The molecule has 0 aromatic carbocycles. The Morgan fingerprint density at radius 1 is 1.53 bits per heavy atom. The maximum Gasteiger partial charge on any atom is 0.222 e. The molecule has 0 saturated carbocycles. The summed E-state index contributed by atoms with van der Waals surface area (Å²) >= 11 is 0. The molecular formula is C11H15N3O. The van der Waals surface area contributed by atoms with Gasteiger partial charge < -0.3 is 10.6 Å². The van der Waals surface area contributed by atoms with E-state index in [4.69, 9.17) is 0 Å². The number of carbonyl (C=O) groups excluding carboxylic acids is 1. The number of nitrogens with zero attached hydrogens (tertiary/aromatic N) is 1. The summed E-state index contributed by atoms with van der Waals surface area (Å²) in [7, 11) is 0. The molecule has 2 rings (SSSR count). The monoisotopic (exact) mass is 205 g/mol. The van der Waals surface area contributed by atoms with E-state index in [1.807, 2.05) is 25.1 Å². The lowest BCUT2D eigenvalue weighted by Gasteiger charge is -2.28. The van der Waals surface area contributed by atoms with Crippen LogP contribution in [0.25, 0.3) is 0 Å². The second-order valence-corrected chi connectivity index (χ2v) is 3.96. The van der Waals surface area contributed by atoms with E-state index in [9.17, 15) is 4.79 Å². The summed E-state index contributed by atoms with van der Waals surface area (Å²) in [5.74, 6) is 0.951. The average Bonchev–Trinajstić information content (AvgIpc) is 2.17. The zero-order valence-corrected chi connectivity index (χ0v) is 8.73. The van der Waals surface area contributed by atoms with Crippen LogP contribution in [-0.4, -0.2) is 23.0 Å². The van der Waals surface area contributed by atoms with E-state index in [1.165, 1.54) is 0 Å². The third-order valence-electron chi connectivity index (χ3n) is 2.49. The quantitative estimate of drug-likeness (QED) is 0.761. The van der Waals surface area contributed by atoms with Crippen LogP contribution in [-0.2, 0) is 4.79 Å². The number of amides is 1. The van der Waals surface area contributed by atoms with E-state index >= 15 is 0 Å².